The molecular formula is C14H20O2. The Balaban J connectivity index is 2.44. The normalized spacial score (nSPS) is 29.6. The van der Waals surface area contributed by atoms with Gasteiger partial charge >= 0.3 is 0 Å². The molecule has 16 heavy (non-hydrogen) atoms. The zero-order valence-corrected chi connectivity index (χ0v) is 10.5. The molecule has 1 aromatic rings. The number of benzene rings is 1. The van der Waals surface area contributed by atoms with E-state index in [4.69, 9.17) is 9.47 Å². The van der Waals surface area contributed by atoms with Crippen molar-refractivity contribution in [1.29, 1.82) is 0 Å². The summed E-state index contributed by atoms with van der Waals surface area (Å²) in [4.78, 5) is 0. The van der Waals surface area contributed by atoms with Crippen LogP contribution in [-0.2, 0) is 15.3 Å². The first-order valence-corrected chi connectivity index (χ1v) is 5.97. The quantitative estimate of drug-likeness (QED) is 0.761. The standard InChI is InChI=1S/C14H20O2/c1-5-14(15-9-12(4)16-14)13-8-10(2)6-7-11(13)3/h6-8,12H,5,9H2,1-4H3. The first kappa shape index (κ1) is 11.6. The first-order chi connectivity index (χ1) is 7.57. The van der Waals surface area contributed by atoms with Crippen molar-refractivity contribution in [3.63, 3.8) is 0 Å². The summed E-state index contributed by atoms with van der Waals surface area (Å²) in [6.45, 7) is 9.07. The van der Waals surface area contributed by atoms with E-state index in [2.05, 4.69) is 45.9 Å². The lowest BCUT2D eigenvalue weighted by molar-refractivity contribution is -0.177. The molecule has 0 amide bonds. The van der Waals surface area contributed by atoms with E-state index in [0.717, 1.165) is 6.42 Å². The minimum atomic E-state index is -0.518. The van der Waals surface area contributed by atoms with Crippen LogP contribution in [0.25, 0.3) is 0 Å². The van der Waals surface area contributed by atoms with Crippen LogP contribution >= 0.6 is 0 Å². The molecule has 1 heterocycles. The summed E-state index contributed by atoms with van der Waals surface area (Å²) in [7, 11) is 0. The summed E-state index contributed by atoms with van der Waals surface area (Å²) in [5, 5.41) is 0. The Morgan fingerprint density at radius 2 is 2.12 bits per heavy atom. The minimum Gasteiger partial charge on any atom is -0.343 e. The molecule has 2 heteroatoms. The Morgan fingerprint density at radius 1 is 1.38 bits per heavy atom. The second-order valence-electron chi connectivity index (χ2n) is 4.66. The monoisotopic (exact) mass is 220 g/mol. The Morgan fingerprint density at radius 3 is 2.69 bits per heavy atom. The molecule has 2 rings (SSSR count). The zero-order chi connectivity index (χ0) is 11.8. The number of rotatable bonds is 2. The summed E-state index contributed by atoms with van der Waals surface area (Å²) in [6.07, 6.45) is 1.03. The fourth-order valence-electron chi connectivity index (χ4n) is 2.31. The second kappa shape index (κ2) is 4.19. The summed E-state index contributed by atoms with van der Waals surface area (Å²) in [5.74, 6) is -0.518. The maximum Gasteiger partial charge on any atom is 0.195 e. The van der Waals surface area contributed by atoms with E-state index in [1.165, 1.54) is 16.7 Å². The van der Waals surface area contributed by atoms with E-state index in [1.54, 1.807) is 0 Å². The van der Waals surface area contributed by atoms with Gasteiger partial charge in [-0.2, -0.15) is 0 Å². The molecule has 0 radical (unpaired) electrons. The number of hydrogen-bond donors (Lipinski definition) is 0. The second-order valence-corrected chi connectivity index (χ2v) is 4.66. The van der Waals surface area contributed by atoms with Crippen molar-refractivity contribution in [2.45, 2.75) is 46.0 Å². The van der Waals surface area contributed by atoms with Crippen LogP contribution in [0.4, 0.5) is 0 Å². The molecule has 0 saturated carbocycles. The van der Waals surface area contributed by atoms with E-state index in [-0.39, 0.29) is 6.10 Å². The van der Waals surface area contributed by atoms with Crippen molar-refractivity contribution in [2.75, 3.05) is 6.61 Å². The Hall–Kier alpha value is -0.860. The third-order valence-electron chi connectivity index (χ3n) is 3.21. The average molecular weight is 220 g/mol. The van der Waals surface area contributed by atoms with Crippen LogP contribution in [0.2, 0.25) is 0 Å². The molecule has 1 aliphatic rings. The fourth-order valence-corrected chi connectivity index (χ4v) is 2.31. The molecule has 1 aliphatic heterocycles. The SMILES string of the molecule is CCC1(c2cc(C)ccc2C)OCC(C)O1. The predicted octanol–water partition coefficient (Wildman–Crippen LogP) is 3.30. The Bertz CT molecular complexity index is 386. The Kier molecular flexibility index (Phi) is 3.04. The molecule has 0 spiro atoms. The van der Waals surface area contributed by atoms with Crippen LogP contribution in [0.15, 0.2) is 18.2 Å². The van der Waals surface area contributed by atoms with E-state index in [1.807, 2.05) is 0 Å². The van der Waals surface area contributed by atoms with Gasteiger partial charge in [-0.15, -0.1) is 0 Å². The lowest BCUT2D eigenvalue weighted by atomic mass is 9.96. The predicted molar refractivity (Wildman–Crippen MR) is 64.4 cm³/mol. The van der Waals surface area contributed by atoms with Crippen LogP contribution in [0, 0.1) is 13.8 Å². The van der Waals surface area contributed by atoms with Crippen LogP contribution in [0.3, 0.4) is 0 Å². The molecule has 1 fully saturated rings. The number of aryl methyl sites for hydroxylation is 2. The molecule has 0 aromatic heterocycles. The number of hydrogen-bond acceptors (Lipinski definition) is 2. The van der Waals surface area contributed by atoms with Gasteiger partial charge in [-0.05, 0) is 26.3 Å². The maximum absolute atomic E-state index is 6.00. The molecule has 1 aromatic carbocycles. The van der Waals surface area contributed by atoms with Gasteiger partial charge < -0.3 is 9.47 Å². The summed E-state index contributed by atoms with van der Waals surface area (Å²) in [6, 6.07) is 6.44. The van der Waals surface area contributed by atoms with Crippen molar-refractivity contribution >= 4 is 0 Å². The van der Waals surface area contributed by atoms with E-state index in [9.17, 15) is 0 Å². The summed E-state index contributed by atoms with van der Waals surface area (Å²) >= 11 is 0. The van der Waals surface area contributed by atoms with Gasteiger partial charge in [0.15, 0.2) is 5.79 Å². The molecule has 2 atom stereocenters. The topological polar surface area (TPSA) is 18.5 Å². The smallest absolute Gasteiger partial charge is 0.195 e. The van der Waals surface area contributed by atoms with Gasteiger partial charge in [-0.3, -0.25) is 0 Å². The summed E-state index contributed by atoms with van der Waals surface area (Å²) < 4.78 is 11.9. The third-order valence-corrected chi connectivity index (χ3v) is 3.21. The molecule has 0 N–H and O–H groups in total. The Labute approximate surface area is 97.6 Å². The van der Waals surface area contributed by atoms with Gasteiger partial charge in [0, 0.05) is 12.0 Å². The van der Waals surface area contributed by atoms with Crippen molar-refractivity contribution < 1.29 is 9.47 Å². The lowest BCUT2D eigenvalue weighted by Crippen LogP contribution is -2.28. The molecule has 0 aliphatic carbocycles. The maximum atomic E-state index is 6.00. The molecular weight excluding hydrogens is 200 g/mol. The van der Waals surface area contributed by atoms with Crippen molar-refractivity contribution in [1.82, 2.24) is 0 Å². The molecule has 2 nitrogen and oxygen atoms in total. The zero-order valence-electron chi connectivity index (χ0n) is 10.5. The first-order valence-electron chi connectivity index (χ1n) is 5.97. The average Bonchev–Trinajstić information content (AvgIpc) is 2.65. The van der Waals surface area contributed by atoms with Gasteiger partial charge in [0.05, 0.1) is 12.7 Å². The van der Waals surface area contributed by atoms with Gasteiger partial charge in [0.25, 0.3) is 0 Å². The molecule has 1 saturated heterocycles. The van der Waals surface area contributed by atoms with Gasteiger partial charge in [0.1, 0.15) is 0 Å². The summed E-state index contributed by atoms with van der Waals surface area (Å²) in [5.41, 5.74) is 3.67. The van der Waals surface area contributed by atoms with Crippen LogP contribution < -0.4 is 0 Å². The van der Waals surface area contributed by atoms with Crippen LogP contribution in [0.5, 0.6) is 0 Å². The number of ether oxygens (including phenoxy) is 2. The van der Waals surface area contributed by atoms with E-state index in [0.29, 0.717) is 6.61 Å². The largest absolute Gasteiger partial charge is 0.343 e. The van der Waals surface area contributed by atoms with Gasteiger partial charge in [-0.25, -0.2) is 0 Å². The highest BCUT2D eigenvalue weighted by molar-refractivity contribution is 5.34. The van der Waals surface area contributed by atoms with Crippen molar-refractivity contribution in [3.8, 4) is 0 Å². The fraction of sp³-hybridized carbons (Fsp3) is 0.571. The van der Waals surface area contributed by atoms with Crippen LogP contribution in [-0.4, -0.2) is 12.7 Å². The highest BCUT2D eigenvalue weighted by Crippen LogP contribution is 2.38. The molecule has 88 valence electrons. The van der Waals surface area contributed by atoms with Crippen molar-refractivity contribution in [2.24, 2.45) is 0 Å². The highest BCUT2D eigenvalue weighted by atomic mass is 16.7. The van der Waals surface area contributed by atoms with E-state index < -0.39 is 5.79 Å². The van der Waals surface area contributed by atoms with Gasteiger partial charge in [0.2, 0.25) is 0 Å². The minimum absolute atomic E-state index is 0.180. The van der Waals surface area contributed by atoms with Gasteiger partial charge in [-0.1, -0.05) is 30.7 Å². The van der Waals surface area contributed by atoms with Crippen LogP contribution in [0.1, 0.15) is 37.0 Å². The molecule has 0 bridgehead atoms. The van der Waals surface area contributed by atoms with Crippen molar-refractivity contribution in [3.05, 3.63) is 34.9 Å². The molecule has 2 unspecified atom stereocenters. The van der Waals surface area contributed by atoms with E-state index >= 15 is 0 Å². The highest BCUT2D eigenvalue weighted by Gasteiger charge is 2.40. The third kappa shape index (κ3) is 1.87. The lowest BCUT2D eigenvalue weighted by Gasteiger charge is -2.29.